The van der Waals surface area contributed by atoms with Gasteiger partial charge in [-0.2, -0.15) is 0 Å². The van der Waals surface area contributed by atoms with Crippen LogP contribution in [0.1, 0.15) is 48.3 Å². The van der Waals surface area contributed by atoms with Crippen LogP contribution in [0.15, 0.2) is 24.4 Å². The smallest absolute Gasteiger partial charge is 0.252 e. The average Bonchev–Trinajstić information content (AvgIpc) is 3.38. The number of aryl methyl sites for hydroxylation is 1. The molecule has 1 aliphatic heterocycles. The lowest BCUT2D eigenvalue weighted by Crippen LogP contribution is -2.37. The number of primary amides is 1. The summed E-state index contributed by atoms with van der Waals surface area (Å²) in [7, 11) is 0. The van der Waals surface area contributed by atoms with E-state index in [-0.39, 0.29) is 17.5 Å². The molecular weight excluding hydrogens is 333 g/mol. The quantitative estimate of drug-likeness (QED) is 0.921. The van der Waals surface area contributed by atoms with Crippen LogP contribution in [0.5, 0.6) is 0 Å². The number of pyridine rings is 1. The minimum atomic E-state index is -0.834. The Morgan fingerprint density at radius 3 is 2.65 bits per heavy atom. The predicted molar refractivity (Wildman–Crippen MR) is 96.4 cm³/mol. The third-order valence-corrected chi connectivity index (χ3v) is 5.35. The molecule has 26 heavy (non-hydrogen) atoms. The van der Waals surface area contributed by atoms with Gasteiger partial charge in [0.25, 0.3) is 5.91 Å². The molecule has 1 fully saturated rings. The number of halogens is 1. The average molecular weight is 353 g/mol. The van der Waals surface area contributed by atoms with E-state index in [1.807, 2.05) is 30.9 Å². The number of anilines is 1. The van der Waals surface area contributed by atoms with E-state index in [2.05, 4.69) is 4.98 Å². The molecule has 4 rings (SSSR count). The number of hydrogen-bond acceptors (Lipinski definition) is 3. The third-order valence-electron chi connectivity index (χ3n) is 5.35. The Bertz CT molecular complexity index is 964. The number of benzene rings is 1. The molecule has 0 radical (unpaired) electrons. The zero-order valence-corrected chi connectivity index (χ0v) is 15.0. The number of aromatic nitrogens is 1. The summed E-state index contributed by atoms with van der Waals surface area (Å²) in [5.41, 5.74) is 7.96. The summed E-state index contributed by atoms with van der Waals surface area (Å²) >= 11 is 0. The van der Waals surface area contributed by atoms with Gasteiger partial charge in [-0.15, -0.1) is 0 Å². The molecule has 1 aliphatic carbocycles. The largest absolute Gasteiger partial charge is 0.365 e. The molecule has 0 spiro atoms. The molecule has 1 aromatic carbocycles. The Morgan fingerprint density at radius 2 is 2.04 bits per heavy atom. The molecule has 2 aromatic rings. The van der Waals surface area contributed by atoms with Gasteiger partial charge in [0, 0.05) is 23.0 Å². The molecule has 0 unspecified atom stereocenters. The van der Waals surface area contributed by atoms with Gasteiger partial charge in [0.15, 0.2) is 5.82 Å². The number of rotatable bonds is 3. The van der Waals surface area contributed by atoms with Crippen molar-refractivity contribution in [3.05, 3.63) is 47.0 Å². The number of hydrogen-bond donors (Lipinski definition) is 1. The maximum Gasteiger partial charge on any atom is 0.252 e. The van der Waals surface area contributed by atoms with Crippen molar-refractivity contribution in [1.29, 1.82) is 0 Å². The highest BCUT2D eigenvalue weighted by atomic mass is 19.1. The minimum absolute atomic E-state index is 0.0800. The molecule has 0 atom stereocenters. The normalized spacial score (nSPS) is 18.2. The molecule has 0 saturated heterocycles. The SMILES string of the molecule is Cc1ncc(F)c(C(N)=O)c1-c1ccc2c(c1)N(C1CC1)C(=O)C2(C)C. The highest BCUT2D eigenvalue weighted by molar-refractivity contribution is 6.09. The molecule has 1 saturated carbocycles. The molecule has 6 heteroatoms. The van der Waals surface area contributed by atoms with Crippen LogP contribution in [-0.2, 0) is 10.2 Å². The van der Waals surface area contributed by atoms with Gasteiger partial charge in [-0.25, -0.2) is 4.39 Å². The molecule has 2 N–H and O–H groups in total. The third kappa shape index (κ3) is 2.25. The fraction of sp³-hybridized carbons (Fsp3) is 0.350. The Hall–Kier alpha value is -2.76. The first-order valence-electron chi connectivity index (χ1n) is 8.67. The van der Waals surface area contributed by atoms with E-state index >= 15 is 0 Å². The number of amides is 2. The highest BCUT2D eigenvalue weighted by Crippen LogP contribution is 2.48. The number of carbonyl (C=O) groups excluding carboxylic acids is 2. The second kappa shape index (κ2) is 5.37. The second-order valence-electron chi connectivity index (χ2n) is 7.57. The molecule has 0 bridgehead atoms. The van der Waals surface area contributed by atoms with Crippen molar-refractivity contribution in [3.8, 4) is 11.1 Å². The lowest BCUT2D eigenvalue weighted by atomic mass is 9.85. The van der Waals surface area contributed by atoms with E-state index in [0.717, 1.165) is 30.3 Å². The van der Waals surface area contributed by atoms with E-state index in [0.29, 0.717) is 16.8 Å². The first kappa shape index (κ1) is 16.7. The van der Waals surface area contributed by atoms with Crippen molar-refractivity contribution in [2.24, 2.45) is 5.73 Å². The van der Waals surface area contributed by atoms with Crippen LogP contribution in [0.25, 0.3) is 11.1 Å². The lowest BCUT2D eigenvalue weighted by Gasteiger charge is -2.20. The van der Waals surface area contributed by atoms with Crippen molar-refractivity contribution in [1.82, 2.24) is 4.98 Å². The first-order valence-corrected chi connectivity index (χ1v) is 8.67. The zero-order chi connectivity index (χ0) is 18.8. The summed E-state index contributed by atoms with van der Waals surface area (Å²) in [4.78, 5) is 30.6. The maximum atomic E-state index is 14.2. The van der Waals surface area contributed by atoms with Crippen LogP contribution in [0.3, 0.4) is 0 Å². The van der Waals surface area contributed by atoms with Crippen LogP contribution in [0.2, 0.25) is 0 Å². The Morgan fingerprint density at radius 1 is 1.35 bits per heavy atom. The van der Waals surface area contributed by atoms with E-state index in [1.165, 1.54) is 0 Å². The van der Waals surface area contributed by atoms with Crippen molar-refractivity contribution >= 4 is 17.5 Å². The minimum Gasteiger partial charge on any atom is -0.365 e. The predicted octanol–water partition coefficient (Wildman–Crippen LogP) is 3.08. The van der Waals surface area contributed by atoms with Gasteiger partial charge >= 0.3 is 0 Å². The maximum absolute atomic E-state index is 14.2. The van der Waals surface area contributed by atoms with E-state index in [9.17, 15) is 14.0 Å². The fourth-order valence-electron chi connectivity index (χ4n) is 3.81. The van der Waals surface area contributed by atoms with Crippen molar-refractivity contribution in [3.63, 3.8) is 0 Å². The van der Waals surface area contributed by atoms with Crippen molar-refractivity contribution in [2.75, 3.05) is 4.90 Å². The molecule has 2 aliphatic rings. The Labute approximate surface area is 151 Å². The number of nitrogens with two attached hydrogens (primary N) is 1. The van der Waals surface area contributed by atoms with E-state index < -0.39 is 17.1 Å². The van der Waals surface area contributed by atoms with Gasteiger partial charge < -0.3 is 10.6 Å². The van der Waals surface area contributed by atoms with Gasteiger partial charge in [0.05, 0.1) is 17.2 Å². The van der Waals surface area contributed by atoms with Gasteiger partial charge in [0.1, 0.15) is 0 Å². The van der Waals surface area contributed by atoms with Crippen LogP contribution < -0.4 is 10.6 Å². The standard InChI is InChI=1S/C20H20FN3O2/c1-10-16(17(18(22)25)14(21)9-23-10)11-4-7-13-15(8-11)24(12-5-6-12)19(26)20(13,2)3/h4,7-9,12H,5-6H2,1-3H3,(H2,22,25). The summed E-state index contributed by atoms with van der Waals surface area (Å²) < 4.78 is 14.2. The van der Waals surface area contributed by atoms with Crippen molar-refractivity contribution in [2.45, 2.75) is 45.1 Å². The summed E-state index contributed by atoms with van der Waals surface area (Å²) in [6.45, 7) is 5.54. The first-order chi connectivity index (χ1) is 12.2. The number of nitrogens with zero attached hydrogens (tertiary/aromatic N) is 2. The molecular formula is C20H20FN3O2. The second-order valence-corrected chi connectivity index (χ2v) is 7.57. The zero-order valence-electron chi connectivity index (χ0n) is 15.0. The summed E-state index contributed by atoms with van der Waals surface area (Å²) in [5, 5.41) is 0. The van der Waals surface area contributed by atoms with Crippen LogP contribution in [0, 0.1) is 12.7 Å². The summed E-state index contributed by atoms with van der Waals surface area (Å²) in [6, 6.07) is 5.77. The molecule has 2 amide bonds. The molecule has 2 heterocycles. The summed E-state index contributed by atoms with van der Waals surface area (Å²) in [6.07, 6.45) is 2.98. The van der Waals surface area contributed by atoms with Crippen LogP contribution in [0.4, 0.5) is 10.1 Å². The molecule has 5 nitrogen and oxygen atoms in total. The van der Waals surface area contributed by atoms with Crippen molar-refractivity contribution < 1.29 is 14.0 Å². The van der Waals surface area contributed by atoms with Gasteiger partial charge in [-0.05, 0) is 50.8 Å². The summed E-state index contributed by atoms with van der Waals surface area (Å²) in [5.74, 6) is -1.50. The van der Waals surface area contributed by atoms with Gasteiger partial charge in [-0.1, -0.05) is 12.1 Å². The van der Waals surface area contributed by atoms with E-state index in [1.54, 1.807) is 13.0 Å². The van der Waals surface area contributed by atoms with Crippen LogP contribution in [-0.4, -0.2) is 22.8 Å². The monoisotopic (exact) mass is 353 g/mol. The number of carbonyl (C=O) groups is 2. The lowest BCUT2D eigenvalue weighted by molar-refractivity contribution is -0.122. The fourth-order valence-corrected chi connectivity index (χ4v) is 3.81. The number of fused-ring (bicyclic) bond motifs is 1. The highest BCUT2D eigenvalue weighted by Gasteiger charge is 2.49. The van der Waals surface area contributed by atoms with Gasteiger partial charge in [-0.3, -0.25) is 14.6 Å². The Balaban J connectivity index is 1.94. The Kier molecular flexibility index (Phi) is 3.45. The van der Waals surface area contributed by atoms with Crippen LogP contribution >= 0.6 is 0 Å². The molecule has 134 valence electrons. The van der Waals surface area contributed by atoms with E-state index in [4.69, 9.17) is 5.73 Å². The molecule has 1 aromatic heterocycles. The van der Waals surface area contributed by atoms with Gasteiger partial charge in [0.2, 0.25) is 5.91 Å². The topological polar surface area (TPSA) is 76.3 Å².